The number of fused-ring (bicyclic) bond motifs is 1. The van der Waals surface area contributed by atoms with E-state index in [4.69, 9.17) is 30.5 Å². The highest BCUT2D eigenvalue weighted by Crippen LogP contribution is 2.36. The number of rotatable bonds is 10. The quantitative estimate of drug-likeness (QED) is 0.268. The number of halogens is 2. The summed E-state index contributed by atoms with van der Waals surface area (Å²) in [6.45, 7) is 7.30. The fourth-order valence-electron chi connectivity index (χ4n) is 4.79. The smallest absolute Gasteiger partial charge is 0.320 e. The Balaban J connectivity index is 1.30. The summed E-state index contributed by atoms with van der Waals surface area (Å²) in [6.07, 6.45) is 3.85. The first-order valence-electron chi connectivity index (χ1n) is 13.1. The number of anilines is 2. The number of carbonyl (C=O) groups is 1. The Kier molecular flexibility index (Phi) is 8.34. The summed E-state index contributed by atoms with van der Waals surface area (Å²) >= 11 is 5.96. The Morgan fingerprint density at radius 1 is 1.21 bits per heavy atom. The lowest BCUT2D eigenvalue weighted by Crippen LogP contribution is -2.50. The molecule has 2 aliphatic rings. The second kappa shape index (κ2) is 11.9. The van der Waals surface area contributed by atoms with E-state index in [0.717, 1.165) is 31.2 Å². The summed E-state index contributed by atoms with van der Waals surface area (Å²) in [4.78, 5) is 22.8. The van der Waals surface area contributed by atoms with Crippen molar-refractivity contribution in [1.82, 2.24) is 14.9 Å². The van der Waals surface area contributed by atoms with Crippen LogP contribution in [0.2, 0.25) is 5.02 Å². The number of morpholine rings is 1. The van der Waals surface area contributed by atoms with E-state index in [-0.39, 0.29) is 17.1 Å². The standard InChI is InChI=1S/C28H32ClFN4O5/c1-28(2)16-34(14-26(35)39-28)8-3-4-9-37-24-12-20-23(13-25(24)38-19-7-10-36-15-19)31-17-32-27(20)33-18-5-6-22(30)21(29)11-18/h5-6,11-13,17,19H,3-4,7-10,14-16H2,1-2H3,(H,31,32,33). The highest BCUT2D eigenvalue weighted by molar-refractivity contribution is 6.31. The zero-order valence-electron chi connectivity index (χ0n) is 22.0. The molecule has 0 radical (unpaired) electrons. The molecule has 1 unspecified atom stereocenters. The summed E-state index contributed by atoms with van der Waals surface area (Å²) in [5.74, 6) is 1.01. The largest absolute Gasteiger partial charge is 0.490 e. The molecule has 2 fully saturated rings. The van der Waals surface area contributed by atoms with Crippen LogP contribution in [0.1, 0.15) is 33.1 Å². The van der Waals surface area contributed by atoms with Crippen molar-refractivity contribution in [2.24, 2.45) is 0 Å². The summed E-state index contributed by atoms with van der Waals surface area (Å²) in [5, 5.41) is 3.93. The minimum Gasteiger partial charge on any atom is -0.490 e. The number of unbranched alkanes of at least 4 members (excludes halogenated alkanes) is 1. The fourth-order valence-corrected chi connectivity index (χ4v) is 4.97. The fraction of sp³-hybridized carbons (Fsp3) is 0.464. The molecule has 0 aliphatic carbocycles. The number of nitrogens with one attached hydrogen (secondary N) is 1. The van der Waals surface area contributed by atoms with E-state index in [1.165, 1.54) is 18.5 Å². The summed E-state index contributed by atoms with van der Waals surface area (Å²) < 4.78 is 37.0. The van der Waals surface area contributed by atoms with Crippen LogP contribution in [-0.2, 0) is 14.3 Å². The van der Waals surface area contributed by atoms with Crippen LogP contribution in [0.15, 0.2) is 36.7 Å². The second-order valence-electron chi connectivity index (χ2n) is 10.4. The van der Waals surface area contributed by atoms with Gasteiger partial charge in [-0.15, -0.1) is 0 Å². The van der Waals surface area contributed by atoms with E-state index in [9.17, 15) is 9.18 Å². The average Bonchev–Trinajstić information content (AvgIpc) is 3.38. The first-order valence-corrected chi connectivity index (χ1v) is 13.5. The number of aromatic nitrogens is 2. The van der Waals surface area contributed by atoms with Gasteiger partial charge in [-0.05, 0) is 57.5 Å². The maximum Gasteiger partial charge on any atom is 0.320 e. The molecule has 2 aromatic carbocycles. The van der Waals surface area contributed by atoms with Crippen molar-refractivity contribution in [3.63, 3.8) is 0 Å². The Labute approximate surface area is 231 Å². The van der Waals surface area contributed by atoms with Crippen molar-refractivity contribution >= 4 is 40.0 Å². The van der Waals surface area contributed by atoms with Gasteiger partial charge in [0.2, 0.25) is 0 Å². The molecule has 11 heteroatoms. The third-order valence-corrected chi connectivity index (χ3v) is 6.83. The SMILES string of the molecule is CC1(C)CN(CCCCOc2cc3c(Nc4ccc(F)c(Cl)c4)ncnc3cc2OC2CCOC2)CC(=O)O1. The zero-order chi connectivity index (χ0) is 27.4. The van der Waals surface area contributed by atoms with Crippen molar-refractivity contribution in [3.05, 3.63) is 47.5 Å². The van der Waals surface area contributed by atoms with Gasteiger partial charge in [-0.3, -0.25) is 9.69 Å². The molecule has 3 aromatic rings. The number of hydrogen-bond acceptors (Lipinski definition) is 9. The molecule has 39 heavy (non-hydrogen) atoms. The number of nitrogens with zero attached hydrogens (tertiary/aromatic N) is 3. The molecule has 9 nitrogen and oxygen atoms in total. The van der Waals surface area contributed by atoms with Crippen LogP contribution < -0.4 is 14.8 Å². The van der Waals surface area contributed by atoms with E-state index >= 15 is 0 Å². The average molecular weight is 559 g/mol. The van der Waals surface area contributed by atoms with Crippen LogP contribution in [-0.4, -0.2) is 72.0 Å². The van der Waals surface area contributed by atoms with Gasteiger partial charge < -0.3 is 24.3 Å². The zero-order valence-corrected chi connectivity index (χ0v) is 22.8. The van der Waals surface area contributed by atoms with Gasteiger partial charge in [0.1, 0.15) is 29.7 Å². The third-order valence-electron chi connectivity index (χ3n) is 6.54. The van der Waals surface area contributed by atoms with Gasteiger partial charge in [0.15, 0.2) is 11.5 Å². The van der Waals surface area contributed by atoms with Crippen LogP contribution in [0.3, 0.4) is 0 Å². The van der Waals surface area contributed by atoms with Crippen molar-refractivity contribution < 1.29 is 28.1 Å². The monoisotopic (exact) mass is 558 g/mol. The Bertz CT molecular complexity index is 1330. The van der Waals surface area contributed by atoms with Gasteiger partial charge in [-0.25, -0.2) is 14.4 Å². The van der Waals surface area contributed by atoms with E-state index in [0.29, 0.717) is 61.4 Å². The molecule has 1 atom stereocenters. The van der Waals surface area contributed by atoms with Gasteiger partial charge in [0.25, 0.3) is 0 Å². The van der Waals surface area contributed by atoms with Gasteiger partial charge in [-0.2, -0.15) is 0 Å². The molecular weight excluding hydrogens is 527 g/mol. The molecule has 0 spiro atoms. The molecule has 1 aromatic heterocycles. The van der Waals surface area contributed by atoms with Crippen LogP contribution in [0.5, 0.6) is 11.5 Å². The molecule has 1 N–H and O–H groups in total. The first kappa shape index (κ1) is 27.4. The molecule has 5 rings (SSSR count). The maximum absolute atomic E-state index is 13.6. The molecule has 208 valence electrons. The van der Waals surface area contributed by atoms with E-state index in [1.54, 1.807) is 6.07 Å². The molecule has 2 saturated heterocycles. The molecule has 2 aliphatic heterocycles. The highest BCUT2D eigenvalue weighted by atomic mass is 35.5. The van der Waals surface area contributed by atoms with Crippen LogP contribution in [0.25, 0.3) is 10.9 Å². The number of esters is 1. The molecular formula is C28H32ClFN4O5. The minimum absolute atomic E-state index is 0.0156. The lowest BCUT2D eigenvalue weighted by atomic mass is 10.1. The lowest BCUT2D eigenvalue weighted by molar-refractivity contribution is -0.169. The molecule has 0 bridgehead atoms. The number of cyclic esters (lactones) is 1. The predicted octanol–water partition coefficient (Wildman–Crippen LogP) is 5.13. The van der Waals surface area contributed by atoms with Crippen molar-refractivity contribution in [1.29, 1.82) is 0 Å². The Hall–Kier alpha value is -3.21. The van der Waals surface area contributed by atoms with Gasteiger partial charge in [-0.1, -0.05) is 11.6 Å². The number of carbonyl (C=O) groups excluding carboxylic acids is 1. The Morgan fingerprint density at radius 3 is 2.85 bits per heavy atom. The topological polar surface area (TPSA) is 95.0 Å². The molecule has 0 saturated carbocycles. The number of hydrogen-bond donors (Lipinski definition) is 1. The molecule has 0 amide bonds. The van der Waals surface area contributed by atoms with Gasteiger partial charge in [0, 0.05) is 30.1 Å². The van der Waals surface area contributed by atoms with Crippen LogP contribution in [0.4, 0.5) is 15.9 Å². The summed E-state index contributed by atoms with van der Waals surface area (Å²) in [5.41, 5.74) is 0.791. The molecule has 3 heterocycles. The van der Waals surface area contributed by atoms with Crippen LogP contribution >= 0.6 is 11.6 Å². The summed E-state index contributed by atoms with van der Waals surface area (Å²) in [7, 11) is 0. The van der Waals surface area contributed by atoms with E-state index in [1.807, 2.05) is 26.0 Å². The Morgan fingerprint density at radius 2 is 2.08 bits per heavy atom. The number of benzene rings is 2. The van der Waals surface area contributed by atoms with Crippen molar-refractivity contribution in [2.75, 3.05) is 44.8 Å². The second-order valence-corrected chi connectivity index (χ2v) is 10.8. The third kappa shape index (κ3) is 7.06. The van der Waals surface area contributed by atoms with Gasteiger partial charge in [0.05, 0.1) is 36.9 Å². The van der Waals surface area contributed by atoms with E-state index in [2.05, 4.69) is 20.2 Å². The minimum atomic E-state index is -0.493. The first-order chi connectivity index (χ1) is 18.8. The maximum atomic E-state index is 13.6. The highest BCUT2D eigenvalue weighted by Gasteiger charge is 2.32. The van der Waals surface area contributed by atoms with Gasteiger partial charge >= 0.3 is 5.97 Å². The normalized spacial score (nSPS) is 19.2. The van der Waals surface area contributed by atoms with Crippen LogP contribution in [0, 0.1) is 5.82 Å². The van der Waals surface area contributed by atoms with Crippen molar-refractivity contribution in [3.8, 4) is 11.5 Å². The lowest BCUT2D eigenvalue weighted by Gasteiger charge is -2.37. The number of ether oxygens (including phenoxy) is 4. The predicted molar refractivity (Wildman–Crippen MR) is 145 cm³/mol. The summed E-state index contributed by atoms with van der Waals surface area (Å²) in [6, 6.07) is 8.09. The van der Waals surface area contributed by atoms with Crippen molar-refractivity contribution in [2.45, 2.75) is 44.8 Å². The van der Waals surface area contributed by atoms with E-state index < -0.39 is 11.4 Å².